The summed E-state index contributed by atoms with van der Waals surface area (Å²) >= 11 is 6.18. The number of carbonyl (C=O) groups excluding carboxylic acids is 1. The summed E-state index contributed by atoms with van der Waals surface area (Å²) in [5, 5.41) is 1.57. The van der Waals surface area contributed by atoms with Gasteiger partial charge in [-0.15, -0.1) is 0 Å². The molecule has 0 N–H and O–H groups in total. The molecule has 3 aromatic rings. The number of methoxy groups -OCH3 is 1. The zero-order valence-electron chi connectivity index (χ0n) is 12.5. The number of nitrogens with zero attached hydrogens (tertiary/aromatic N) is 1. The van der Waals surface area contributed by atoms with Crippen molar-refractivity contribution in [3.05, 3.63) is 70.9 Å². The van der Waals surface area contributed by atoms with Crippen LogP contribution in [-0.4, -0.2) is 18.1 Å². The van der Waals surface area contributed by atoms with Gasteiger partial charge in [0.15, 0.2) is 0 Å². The highest BCUT2D eigenvalue weighted by atomic mass is 35.5. The predicted octanol–water partition coefficient (Wildman–Crippen LogP) is 4.25. The lowest BCUT2D eigenvalue weighted by Gasteiger charge is -2.09. The average molecular weight is 328 g/mol. The van der Waals surface area contributed by atoms with Gasteiger partial charge in [0.25, 0.3) is 0 Å². The Bertz CT molecular complexity index is 847. The van der Waals surface area contributed by atoms with Crippen molar-refractivity contribution in [2.45, 2.75) is 6.61 Å². The van der Waals surface area contributed by atoms with Crippen LogP contribution in [0.4, 0.5) is 0 Å². The van der Waals surface area contributed by atoms with Crippen LogP contribution in [0.15, 0.2) is 54.7 Å². The Kier molecular flexibility index (Phi) is 4.44. The minimum atomic E-state index is -0.371. The summed E-state index contributed by atoms with van der Waals surface area (Å²) in [5.41, 5.74) is 2.26. The smallest absolute Gasteiger partial charge is 0.337 e. The monoisotopic (exact) mass is 327 g/mol. The van der Waals surface area contributed by atoms with Crippen molar-refractivity contribution < 1.29 is 14.3 Å². The van der Waals surface area contributed by atoms with E-state index >= 15 is 0 Å². The molecule has 1 aromatic heterocycles. The van der Waals surface area contributed by atoms with E-state index < -0.39 is 0 Å². The van der Waals surface area contributed by atoms with E-state index in [2.05, 4.69) is 9.72 Å². The molecule has 0 aliphatic carbocycles. The molecule has 0 atom stereocenters. The van der Waals surface area contributed by atoms with Crippen LogP contribution >= 0.6 is 11.6 Å². The Morgan fingerprint density at radius 1 is 1.13 bits per heavy atom. The van der Waals surface area contributed by atoms with E-state index in [9.17, 15) is 4.79 Å². The minimum Gasteiger partial charge on any atom is -0.489 e. The van der Waals surface area contributed by atoms with Crippen LogP contribution in [0.25, 0.3) is 10.9 Å². The summed E-state index contributed by atoms with van der Waals surface area (Å²) in [5.74, 6) is 0.293. The van der Waals surface area contributed by atoms with Crippen LogP contribution in [-0.2, 0) is 11.3 Å². The molecule has 0 aliphatic rings. The number of ether oxygens (including phenoxy) is 2. The molecule has 0 spiro atoms. The van der Waals surface area contributed by atoms with Gasteiger partial charge in [-0.25, -0.2) is 4.79 Å². The van der Waals surface area contributed by atoms with Crippen LogP contribution in [0, 0.1) is 0 Å². The maximum Gasteiger partial charge on any atom is 0.337 e. The van der Waals surface area contributed by atoms with Gasteiger partial charge >= 0.3 is 5.97 Å². The van der Waals surface area contributed by atoms with Crippen molar-refractivity contribution >= 4 is 28.5 Å². The molecule has 3 rings (SSSR count). The quantitative estimate of drug-likeness (QED) is 0.672. The van der Waals surface area contributed by atoms with E-state index in [1.54, 1.807) is 30.5 Å². The van der Waals surface area contributed by atoms with Gasteiger partial charge in [0, 0.05) is 22.2 Å². The molecular weight excluding hydrogens is 314 g/mol. The van der Waals surface area contributed by atoms with Crippen LogP contribution in [0.5, 0.6) is 5.75 Å². The first-order chi connectivity index (χ1) is 11.2. The highest BCUT2D eigenvalue weighted by Crippen LogP contribution is 2.25. The Balaban J connectivity index is 1.79. The van der Waals surface area contributed by atoms with Gasteiger partial charge in [-0.2, -0.15) is 0 Å². The van der Waals surface area contributed by atoms with Gasteiger partial charge < -0.3 is 9.47 Å². The molecular formula is C18H14ClNO3. The Morgan fingerprint density at radius 2 is 1.91 bits per heavy atom. The maximum absolute atomic E-state index is 11.4. The number of hydrogen-bond donors (Lipinski definition) is 0. The molecule has 0 saturated heterocycles. The van der Waals surface area contributed by atoms with Crippen LogP contribution < -0.4 is 4.74 Å². The summed E-state index contributed by atoms with van der Waals surface area (Å²) in [6.07, 6.45) is 1.73. The molecule has 5 heteroatoms. The molecule has 0 amide bonds. The van der Waals surface area contributed by atoms with Gasteiger partial charge in [0.1, 0.15) is 12.4 Å². The van der Waals surface area contributed by atoms with Crippen molar-refractivity contribution in [2.24, 2.45) is 0 Å². The highest BCUT2D eigenvalue weighted by Gasteiger charge is 2.08. The third kappa shape index (κ3) is 3.27. The zero-order valence-corrected chi connectivity index (χ0v) is 13.2. The summed E-state index contributed by atoms with van der Waals surface area (Å²) in [6.45, 7) is 0.363. The second-order valence-electron chi connectivity index (χ2n) is 4.91. The van der Waals surface area contributed by atoms with Crippen molar-refractivity contribution in [1.82, 2.24) is 4.98 Å². The largest absolute Gasteiger partial charge is 0.489 e. The number of aromatic nitrogens is 1. The van der Waals surface area contributed by atoms with Crippen LogP contribution in [0.2, 0.25) is 5.02 Å². The van der Waals surface area contributed by atoms with Crippen molar-refractivity contribution in [3.8, 4) is 5.75 Å². The fourth-order valence-electron chi connectivity index (χ4n) is 2.28. The Hall–Kier alpha value is -2.59. The lowest BCUT2D eigenvalue weighted by Crippen LogP contribution is -2.01. The second kappa shape index (κ2) is 6.67. The third-order valence-electron chi connectivity index (χ3n) is 3.47. The van der Waals surface area contributed by atoms with Gasteiger partial charge in [-0.05, 0) is 42.5 Å². The maximum atomic E-state index is 11.4. The summed E-state index contributed by atoms with van der Waals surface area (Å²) in [6, 6.07) is 14.3. The highest BCUT2D eigenvalue weighted by molar-refractivity contribution is 6.35. The number of rotatable bonds is 4. The molecule has 2 aromatic carbocycles. The fourth-order valence-corrected chi connectivity index (χ4v) is 2.49. The first-order valence-electron chi connectivity index (χ1n) is 7.02. The molecule has 0 radical (unpaired) electrons. The Labute approximate surface area is 138 Å². The lowest BCUT2D eigenvalue weighted by atomic mass is 10.1. The van der Waals surface area contributed by atoms with Gasteiger partial charge in [0.2, 0.25) is 0 Å². The normalized spacial score (nSPS) is 10.5. The topological polar surface area (TPSA) is 48.4 Å². The minimum absolute atomic E-state index is 0.363. The van der Waals surface area contributed by atoms with E-state index in [1.165, 1.54) is 7.11 Å². The number of carbonyl (C=O) groups is 1. The molecule has 23 heavy (non-hydrogen) atoms. The number of benzene rings is 2. The van der Waals surface area contributed by atoms with E-state index in [1.807, 2.05) is 24.3 Å². The zero-order chi connectivity index (χ0) is 16.2. The Morgan fingerprint density at radius 3 is 2.65 bits per heavy atom. The number of pyridine rings is 1. The summed E-state index contributed by atoms with van der Waals surface area (Å²) < 4.78 is 10.4. The van der Waals surface area contributed by atoms with Crippen LogP contribution in [0.1, 0.15) is 15.9 Å². The van der Waals surface area contributed by atoms with Gasteiger partial charge in [-0.3, -0.25) is 4.98 Å². The average Bonchev–Trinajstić information content (AvgIpc) is 2.61. The third-order valence-corrected chi connectivity index (χ3v) is 3.80. The number of esters is 1. The van der Waals surface area contributed by atoms with E-state index in [-0.39, 0.29) is 5.97 Å². The molecule has 0 fully saturated rings. The number of fused-ring (bicyclic) bond motifs is 1. The first kappa shape index (κ1) is 15.3. The van der Waals surface area contributed by atoms with Crippen LogP contribution in [0.3, 0.4) is 0 Å². The number of halogens is 1. The molecule has 116 valence electrons. The first-order valence-corrected chi connectivity index (χ1v) is 7.40. The van der Waals surface area contributed by atoms with Crippen molar-refractivity contribution in [2.75, 3.05) is 7.11 Å². The van der Waals surface area contributed by atoms with Crippen molar-refractivity contribution in [1.29, 1.82) is 0 Å². The molecule has 0 aliphatic heterocycles. The molecule has 0 saturated carbocycles. The van der Waals surface area contributed by atoms with Gasteiger partial charge in [-0.1, -0.05) is 17.7 Å². The van der Waals surface area contributed by atoms with E-state index in [4.69, 9.17) is 16.3 Å². The van der Waals surface area contributed by atoms with E-state index in [0.29, 0.717) is 22.9 Å². The molecule has 0 unspecified atom stereocenters. The predicted molar refractivity (Wildman–Crippen MR) is 88.9 cm³/mol. The number of hydrogen-bond acceptors (Lipinski definition) is 4. The fraction of sp³-hybridized carbons (Fsp3) is 0.111. The van der Waals surface area contributed by atoms with Gasteiger partial charge in [0.05, 0.1) is 18.2 Å². The molecule has 0 bridgehead atoms. The SMILES string of the molecule is COC(=O)c1ccc(OCc2ccc(Cl)c3cccnc23)cc1. The van der Waals surface area contributed by atoms with Crippen molar-refractivity contribution in [3.63, 3.8) is 0 Å². The van der Waals surface area contributed by atoms with E-state index in [0.717, 1.165) is 16.5 Å². The molecule has 4 nitrogen and oxygen atoms in total. The second-order valence-corrected chi connectivity index (χ2v) is 5.32. The standard InChI is InChI=1S/C18H14ClNO3/c1-22-18(21)12-4-7-14(8-5-12)23-11-13-6-9-16(19)15-3-2-10-20-17(13)15/h2-10H,11H2,1H3. The molecule has 1 heterocycles. The summed E-state index contributed by atoms with van der Waals surface area (Å²) in [7, 11) is 1.35. The summed E-state index contributed by atoms with van der Waals surface area (Å²) in [4.78, 5) is 15.8. The lowest BCUT2D eigenvalue weighted by molar-refractivity contribution is 0.0600.